The molecule has 2 aromatic rings. The van der Waals surface area contributed by atoms with E-state index < -0.39 is 0 Å². The Balaban J connectivity index is 0.00000380. The van der Waals surface area contributed by atoms with Crippen LogP contribution >= 0.6 is 0 Å². The molecule has 0 spiro atoms. The minimum absolute atomic E-state index is 0. The number of nitrogens with zero attached hydrogens (tertiary/aromatic N) is 8. The molecule has 0 aromatic carbocycles. The molecule has 0 saturated carbocycles. The molecule has 4 N–H and O–H groups in total. The first-order valence-electron chi connectivity index (χ1n) is 13.2. The van der Waals surface area contributed by atoms with Crippen LogP contribution in [0.3, 0.4) is 0 Å². The Morgan fingerprint density at radius 2 is 0.838 bits per heavy atom. The topological polar surface area (TPSA) is 145 Å². The SMILES string of the molecule is OCCN(CCO)c1nc(N2CCCCC2)c2nc(N(CCO)CCO)nc(N3CCCCC3)c2n1.[208Tl+]. The first-order valence-corrected chi connectivity index (χ1v) is 13.2. The van der Waals surface area contributed by atoms with E-state index in [0.29, 0.717) is 49.1 Å². The van der Waals surface area contributed by atoms with Crippen LogP contribution in [0.2, 0.25) is 0 Å². The number of piperidine rings is 2. The van der Waals surface area contributed by atoms with Crippen LogP contribution in [0.15, 0.2) is 0 Å². The van der Waals surface area contributed by atoms with Crippen molar-refractivity contribution in [1.82, 2.24) is 19.9 Å². The maximum Gasteiger partial charge on any atom is 1.00 e. The van der Waals surface area contributed by atoms with Crippen molar-refractivity contribution in [2.45, 2.75) is 38.5 Å². The van der Waals surface area contributed by atoms with E-state index >= 15 is 0 Å². The van der Waals surface area contributed by atoms with Crippen LogP contribution in [0.5, 0.6) is 0 Å². The van der Waals surface area contributed by atoms with E-state index in [2.05, 4.69) is 9.80 Å². The summed E-state index contributed by atoms with van der Waals surface area (Å²) in [6.45, 7) is 4.38. The van der Waals surface area contributed by atoms with E-state index in [4.69, 9.17) is 19.9 Å². The molecule has 0 bridgehead atoms. The second-order valence-corrected chi connectivity index (χ2v) is 9.36. The zero-order valence-electron chi connectivity index (χ0n) is 21.7. The summed E-state index contributed by atoms with van der Waals surface area (Å²) in [5.74, 6) is 2.35. The molecule has 202 valence electrons. The fourth-order valence-corrected chi connectivity index (χ4v) is 5.00. The summed E-state index contributed by atoms with van der Waals surface area (Å²) in [5, 5.41) is 38.6. The van der Waals surface area contributed by atoms with Crippen molar-refractivity contribution in [3.63, 3.8) is 0 Å². The zero-order chi connectivity index (χ0) is 25.3. The summed E-state index contributed by atoms with van der Waals surface area (Å²) in [5.41, 5.74) is 1.31. The summed E-state index contributed by atoms with van der Waals surface area (Å²) in [4.78, 5) is 27.8. The third kappa shape index (κ3) is 7.28. The fourth-order valence-electron chi connectivity index (χ4n) is 5.00. The average molecular weight is 713 g/mol. The van der Waals surface area contributed by atoms with Crippen LogP contribution in [0.25, 0.3) is 11.0 Å². The third-order valence-electron chi connectivity index (χ3n) is 6.84. The fraction of sp³-hybridized carbons (Fsp3) is 0.750. The Hall–Kier alpha value is -1.62. The first kappa shape index (κ1) is 29.9. The predicted molar refractivity (Wildman–Crippen MR) is 146 cm³/mol. The number of aromatic nitrogens is 4. The molecule has 4 rings (SSSR count). The second-order valence-electron chi connectivity index (χ2n) is 9.36. The number of aliphatic hydroxyl groups is 4. The Morgan fingerprint density at radius 3 is 1.14 bits per heavy atom. The number of rotatable bonds is 12. The molecule has 0 radical (unpaired) electrons. The van der Waals surface area contributed by atoms with E-state index in [1.165, 1.54) is 12.8 Å². The third-order valence-corrected chi connectivity index (χ3v) is 6.84. The van der Waals surface area contributed by atoms with Crippen molar-refractivity contribution < 1.29 is 20.4 Å². The van der Waals surface area contributed by atoms with Crippen LogP contribution < -0.4 is 19.6 Å². The zero-order valence-corrected chi connectivity index (χ0v) is 26.2. The van der Waals surface area contributed by atoms with Crippen LogP contribution in [-0.4, -0.2) is 146 Å². The second kappa shape index (κ2) is 15.1. The van der Waals surface area contributed by atoms with Crippen LogP contribution in [0, 0.1) is 0 Å². The summed E-state index contributed by atoms with van der Waals surface area (Å²) < 4.78 is 0. The molecule has 4 heterocycles. The van der Waals surface area contributed by atoms with Gasteiger partial charge in [-0.05, 0) is 38.5 Å². The van der Waals surface area contributed by atoms with E-state index in [1.807, 2.05) is 0 Å². The molecule has 2 aliphatic rings. The molecule has 37 heavy (non-hydrogen) atoms. The van der Waals surface area contributed by atoms with E-state index in [-0.39, 0.29) is 53.7 Å². The molecule has 0 unspecified atom stereocenters. The number of anilines is 4. The Morgan fingerprint density at radius 1 is 0.514 bits per heavy atom. The number of hydrogen-bond donors (Lipinski definition) is 4. The van der Waals surface area contributed by atoms with Crippen molar-refractivity contribution >= 4 is 61.9 Å². The molecule has 0 amide bonds. The average Bonchev–Trinajstić information content (AvgIpc) is 2.92. The van der Waals surface area contributed by atoms with Gasteiger partial charge >= 0.3 is 27.3 Å². The van der Waals surface area contributed by atoms with Gasteiger partial charge in [-0.25, -0.2) is 9.97 Å². The van der Waals surface area contributed by atoms with Gasteiger partial charge in [-0.1, -0.05) is 0 Å². The molecular weight excluding hydrogens is 672 g/mol. The smallest absolute Gasteiger partial charge is 0.395 e. The molecule has 0 atom stereocenters. The van der Waals surface area contributed by atoms with Gasteiger partial charge in [-0.3, -0.25) is 0 Å². The van der Waals surface area contributed by atoms with Gasteiger partial charge < -0.3 is 40.0 Å². The summed E-state index contributed by atoms with van der Waals surface area (Å²) in [6.07, 6.45) is 6.61. The minimum Gasteiger partial charge on any atom is -0.395 e. The quantitative estimate of drug-likeness (QED) is 0.213. The van der Waals surface area contributed by atoms with Crippen molar-refractivity contribution in [2.24, 2.45) is 0 Å². The molecule has 13 heteroatoms. The van der Waals surface area contributed by atoms with Crippen molar-refractivity contribution in [1.29, 1.82) is 0 Å². The van der Waals surface area contributed by atoms with E-state index in [0.717, 1.165) is 63.5 Å². The molecule has 2 aromatic heterocycles. The Labute approximate surface area is 238 Å². The first-order chi connectivity index (χ1) is 17.7. The van der Waals surface area contributed by atoms with E-state index in [1.54, 1.807) is 9.80 Å². The van der Waals surface area contributed by atoms with Crippen molar-refractivity contribution in [3.8, 4) is 0 Å². The Kier molecular flexibility index (Phi) is 12.2. The van der Waals surface area contributed by atoms with E-state index in [9.17, 15) is 20.4 Å². The minimum atomic E-state index is -0.0772. The van der Waals surface area contributed by atoms with Crippen molar-refractivity contribution in [3.05, 3.63) is 0 Å². The molecule has 2 fully saturated rings. The summed E-state index contributed by atoms with van der Waals surface area (Å²) in [6, 6.07) is 0. The van der Waals surface area contributed by atoms with Gasteiger partial charge in [0.05, 0.1) is 26.4 Å². The number of hydrogen-bond acceptors (Lipinski definition) is 12. The van der Waals surface area contributed by atoms with Gasteiger partial charge in [-0.15, -0.1) is 0 Å². The molecule has 0 aliphatic carbocycles. The number of aliphatic hydroxyl groups excluding tert-OH is 4. The van der Waals surface area contributed by atoms with Gasteiger partial charge in [0, 0.05) is 52.4 Å². The standard InChI is InChI=1S/C24H40N8O4.Tl/c33-15-11-31(12-16-34)23-26-20-19(21(27-23)29-7-3-1-4-8-29)25-24(32(13-17-35)14-18-36)28-22(20)30-9-5-2-6-10-30;/h33-36H,1-18H2;/q;+1/i;1+4. The molecule has 12 nitrogen and oxygen atoms in total. The summed E-state index contributed by atoms with van der Waals surface area (Å²) in [7, 11) is 0. The largest absolute Gasteiger partial charge is 1.00 e. The normalized spacial score (nSPS) is 16.1. The van der Waals surface area contributed by atoms with Gasteiger partial charge in [0.2, 0.25) is 11.9 Å². The van der Waals surface area contributed by atoms with Crippen LogP contribution in [0.4, 0.5) is 23.5 Å². The van der Waals surface area contributed by atoms with Gasteiger partial charge in [0.1, 0.15) is 11.0 Å². The summed E-state index contributed by atoms with van der Waals surface area (Å²) >= 11 is 0. The van der Waals surface area contributed by atoms with Gasteiger partial charge in [-0.2, -0.15) is 9.97 Å². The van der Waals surface area contributed by atoms with Crippen molar-refractivity contribution in [2.75, 3.05) is 98.4 Å². The maximum absolute atomic E-state index is 9.64. The maximum atomic E-state index is 9.64. The molecule has 2 saturated heterocycles. The number of fused-ring (bicyclic) bond motifs is 1. The Bertz CT molecular complexity index is 886. The predicted octanol–water partition coefficient (Wildman–Crippen LogP) is -0.398. The monoisotopic (exact) mass is 712 g/mol. The molecular formula is C24H40N8O4Tl+. The van der Waals surface area contributed by atoms with Crippen LogP contribution in [0.1, 0.15) is 38.5 Å². The van der Waals surface area contributed by atoms with Crippen LogP contribution in [-0.2, 0) is 0 Å². The van der Waals surface area contributed by atoms with Gasteiger partial charge in [0.15, 0.2) is 11.6 Å². The molecule has 2 aliphatic heterocycles. The van der Waals surface area contributed by atoms with Gasteiger partial charge in [0.25, 0.3) is 0 Å².